The quantitative estimate of drug-likeness (QED) is 0.788. The number of halogens is 1. The molecule has 0 amide bonds. The van der Waals surface area contributed by atoms with Crippen molar-refractivity contribution in [2.24, 2.45) is 0 Å². The normalized spacial score (nSPS) is 11.2. The van der Waals surface area contributed by atoms with Gasteiger partial charge in [0, 0.05) is 18.5 Å². The SMILES string of the molecule is CSCCn1c(CCl)nc2cc(C)cnc21. The van der Waals surface area contributed by atoms with Gasteiger partial charge in [0.05, 0.1) is 5.88 Å². The molecule has 2 aromatic rings. The number of imidazole rings is 1. The van der Waals surface area contributed by atoms with Crippen LogP contribution in [0.15, 0.2) is 12.3 Å². The third kappa shape index (κ3) is 2.18. The van der Waals surface area contributed by atoms with Gasteiger partial charge in [-0.3, -0.25) is 0 Å². The highest BCUT2D eigenvalue weighted by atomic mass is 35.5. The molecule has 2 heterocycles. The van der Waals surface area contributed by atoms with Gasteiger partial charge in [0.25, 0.3) is 0 Å². The fourth-order valence-electron chi connectivity index (χ4n) is 1.68. The standard InChI is InChI=1S/C11H14ClN3S/c1-8-5-9-11(13-7-8)15(3-4-16-2)10(6-12)14-9/h5,7H,3-4,6H2,1-2H3. The van der Waals surface area contributed by atoms with Crippen LogP contribution in [-0.2, 0) is 12.4 Å². The molecule has 0 fully saturated rings. The first-order chi connectivity index (χ1) is 7.76. The summed E-state index contributed by atoms with van der Waals surface area (Å²) >= 11 is 7.72. The predicted octanol–water partition coefficient (Wildman–Crippen LogP) is 2.84. The molecule has 16 heavy (non-hydrogen) atoms. The molecule has 0 saturated heterocycles. The van der Waals surface area contributed by atoms with E-state index in [1.165, 1.54) is 0 Å². The molecule has 0 N–H and O–H groups in total. The Morgan fingerprint density at radius 3 is 3.00 bits per heavy atom. The number of hydrogen-bond donors (Lipinski definition) is 0. The van der Waals surface area contributed by atoms with Gasteiger partial charge in [0.2, 0.25) is 0 Å². The summed E-state index contributed by atoms with van der Waals surface area (Å²) in [6.45, 7) is 2.93. The molecule has 0 radical (unpaired) electrons. The largest absolute Gasteiger partial charge is 0.311 e. The highest BCUT2D eigenvalue weighted by Gasteiger charge is 2.10. The van der Waals surface area contributed by atoms with Crippen molar-refractivity contribution in [1.82, 2.24) is 14.5 Å². The van der Waals surface area contributed by atoms with Crippen molar-refractivity contribution in [2.75, 3.05) is 12.0 Å². The van der Waals surface area contributed by atoms with E-state index in [2.05, 4.69) is 20.8 Å². The van der Waals surface area contributed by atoms with Crippen molar-refractivity contribution >= 4 is 34.5 Å². The molecule has 0 aliphatic heterocycles. The van der Waals surface area contributed by atoms with Crippen LogP contribution >= 0.6 is 23.4 Å². The topological polar surface area (TPSA) is 30.7 Å². The summed E-state index contributed by atoms with van der Waals surface area (Å²) in [6.07, 6.45) is 3.97. The molecule has 5 heteroatoms. The van der Waals surface area contributed by atoms with Crippen molar-refractivity contribution in [3.63, 3.8) is 0 Å². The monoisotopic (exact) mass is 255 g/mol. The van der Waals surface area contributed by atoms with Gasteiger partial charge in [-0.1, -0.05) is 0 Å². The highest BCUT2D eigenvalue weighted by molar-refractivity contribution is 7.98. The van der Waals surface area contributed by atoms with Crippen LogP contribution in [0.25, 0.3) is 11.2 Å². The Kier molecular flexibility index (Phi) is 3.71. The van der Waals surface area contributed by atoms with Crippen LogP contribution in [0, 0.1) is 6.92 Å². The molecule has 2 aromatic heterocycles. The molecule has 0 saturated carbocycles. The summed E-state index contributed by atoms with van der Waals surface area (Å²) in [5.74, 6) is 2.39. The van der Waals surface area contributed by atoms with E-state index >= 15 is 0 Å². The van der Waals surface area contributed by atoms with Gasteiger partial charge in [-0.05, 0) is 24.8 Å². The summed E-state index contributed by atoms with van der Waals surface area (Å²) in [5, 5.41) is 0. The minimum absolute atomic E-state index is 0.434. The van der Waals surface area contributed by atoms with E-state index in [-0.39, 0.29) is 0 Å². The summed E-state index contributed by atoms with van der Waals surface area (Å²) in [6, 6.07) is 2.05. The van der Waals surface area contributed by atoms with Gasteiger partial charge in [-0.2, -0.15) is 11.8 Å². The van der Waals surface area contributed by atoms with Crippen LogP contribution in [0.3, 0.4) is 0 Å². The third-order valence-corrected chi connectivity index (χ3v) is 3.27. The summed E-state index contributed by atoms with van der Waals surface area (Å²) < 4.78 is 2.11. The molecule has 2 rings (SSSR count). The van der Waals surface area contributed by atoms with E-state index < -0.39 is 0 Å². The zero-order valence-corrected chi connectivity index (χ0v) is 11.0. The lowest BCUT2D eigenvalue weighted by molar-refractivity contribution is 0.748. The number of alkyl halides is 1. The Morgan fingerprint density at radius 2 is 2.31 bits per heavy atom. The van der Waals surface area contributed by atoms with Crippen LogP contribution in [0.2, 0.25) is 0 Å². The maximum Gasteiger partial charge on any atom is 0.160 e. The maximum absolute atomic E-state index is 5.90. The van der Waals surface area contributed by atoms with Crippen LogP contribution in [-0.4, -0.2) is 26.5 Å². The second-order valence-corrected chi connectivity index (χ2v) is 4.91. The van der Waals surface area contributed by atoms with Crippen molar-refractivity contribution in [3.8, 4) is 0 Å². The van der Waals surface area contributed by atoms with Gasteiger partial charge < -0.3 is 4.57 Å². The van der Waals surface area contributed by atoms with Crippen LogP contribution < -0.4 is 0 Å². The molecule has 86 valence electrons. The van der Waals surface area contributed by atoms with Gasteiger partial charge >= 0.3 is 0 Å². The Hall–Kier alpha value is -0.740. The Morgan fingerprint density at radius 1 is 1.50 bits per heavy atom. The smallest absolute Gasteiger partial charge is 0.160 e. The minimum atomic E-state index is 0.434. The zero-order chi connectivity index (χ0) is 11.5. The van der Waals surface area contributed by atoms with Crippen molar-refractivity contribution in [3.05, 3.63) is 23.7 Å². The van der Waals surface area contributed by atoms with Crippen molar-refractivity contribution in [1.29, 1.82) is 0 Å². The number of aryl methyl sites for hydroxylation is 2. The number of fused-ring (bicyclic) bond motifs is 1. The van der Waals surface area contributed by atoms with Gasteiger partial charge in [0.1, 0.15) is 11.3 Å². The molecule has 0 unspecified atom stereocenters. The first kappa shape index (κ1) is 11.7. The molecule has 0 aliphatic carbocycles. The number of thioether (sulfide) groups is 1. The van der Waals surface area contributed by atoms with Crippen LogP contribution in [0.5, 0.6) is 0 Å². The van der Waals surface area contributed by atoms with E-state index in [1.54, 1.807) is 0 Å². The first-order valence-corrected chi connectivity index (χ1v) is 7.05. The number of nitrogens with zero attached hydrogens (tertiary/aromatic N) is 3. The van der Waals surface area contributed by atoms with E-state index in [4.69, 9.17) is 11.6 Å². The summed E-state index contributed by atoms with van der Waals surface area (Å²) in [5.41, 5.74) is 3.01. The van der Waals surface area contributed by atoms with E-state index in [0.29, 0.717) is 5.88 Å². The Bertz CT molecular complexity index is 495. The van der Waals surface area contributed by atoms with E-state index in [9.17, 15) is 0 Å². The fraction of sp³-hybridized carbons (Fsp3) is 0.455. The molecule has 0 bridgehead atoms. The van der Waals surface area contributed by atoms with Gasteiger partial charge in [-0.15, -0.1) is 11.6 Å². The lowest BCUT2D eigenvalue weighted by atomic mass is 10.3. The molecule has 3 nitrogen and oxygen atoms in total. The maximum atomic E-state index is 5.90. The number of rotatable bonds is 4. The third-order valence-electron chi connectivity index (χ3n) is 2.44. The first-order valence-electron chi connectivity index (χ1n) is 5.13. The Balaban J connectivity index is 2.50. The molecule has 0 spiro atoms. The average molecular weight is 256 g/mol. The molecular formula is C11H14ClN3S. The van der Waals surface area contributed by atoms with E-state index in [0.717, 1.165) is 34.8 Å². The second kappa shape index (κ2) is 5.06. The van der Waals surface area contributed by atoms with Gasteiger partial charge in [-0.25, -0.2) is 9.97 Å². The molecular weight excluding hydrogens is 242 g/mol. The van der Waals surface area contributed by atoms with Crippen LogP contribution in [0.1, 0.15) is 11.4 Å². The Labute approximate surface area is 104 Å². The lowest BCUT2D eigenvalue weighted by Crippen LogP contribution is -2.05. The summed E-state index contributed by atoms with van der Waals surface area (Å²) in [7, 11) is 0. The lowest BCUT2D eigenvalue weighted by Gasteiger charge is -2.05. The van der Waals surface area contributed by atoms with Crippen molar-refractivity contribution in [2.45, 2.75) is 19.3 Å². The molecule has 0 aliphatic rings. The van der Waals surface area contributed by atoms with Crippen molar-refractivity contribution < 1.29 is 0 Å². The van der Waals surface area contributed by atoms with E-state index in [1.807, 2.05) is 30.9 Å². The minimum Gasteiger partial charge on any atom is -0.311 e. The predicted molar refractivity (Wildman–Crippen MR) is 70.2 cm³/mol. The van der Waals surface area contributed by atoms with Crippen LogP contribution in [0.4, 0.5) is 0 Å². The number of hydrogen-bond acceptors (Lipinski definition) is 3. The average Bonchev–Trinajstić information content (AvgIpc) is 2.63. The highest BCUT2D eigenvalue weighted by Crippen LogP contribution is 2.17. The summed E-state index contributed by atoms with van der Waals surface area (Å²) in [4.78, 5) is 8.94. The fourth-order valence-corrected chi connectivity index (χ4v) is 2.25. The number of pyridine rings is 1. The second-order valence-electron chi connectivity index (χ2n) is 3.66. The number of aromatic nitrogens is 3. The molecule has 0 atom stereocenters. The molecule has 0 aromatic carbocycles. The van der Waals surface area contributed by atoms with Gasteiger partial charge in [0.15, 0.2) is 5.65 Å². The zero-order valence-electron chi connectivity index (χ0n) is 9.40.